The minimum absolute atomic E-state index is 0.0970. The largest absolute Gasteiger partial charge is 0.496 e. The molecule has 168 valence electrons. The van der Waals surface area contributed by atoms with Gasteiger partial charge in [0.25, 0.3) is 5.91 Å². The first-order valence-electron chi connectivity index (χ1n) is 9.65. The lowest BCUT2D eigenvalue weighted by Crippen LogP contribution is -2.29. The smallest absolute Gasteiger partial charge is 0.322 e. The Balaban J connectivity index is 1.60. The van der Waals surface area contributed by atoms with Gasteiger partial charge in [-0.3, -0.25) is 9.59 Å². The predicted molar refractivity (Wildman–Crippen MR) is 125 cm³/mol. The lowest BCUT2D eigenvalue weighted by molar-refractivity contribution is -0.135. The molecule has 1 amide bonds. The molecule has 0 radical (unpaired) electrons. The summed E-state index contributed by atoms with van der Waals surface area (Å²) in [6.45, 7) is -0.521. The standard InChI is InChI=1S/C23H17Cl2N3O5/c1-32-19-5-3-2-4-14(19)22-27-17-7-6-13(10-18(17)28-22)33-21-15(24)8-12(9-16(21)25)23(31)26-11-20(29)30/h2-10H,11H2,1H3,(H,26,31)(H,27,28)(H,29,30). The van der Waals surface area contributed by atoms with Crippen LogP contribution < -0.4 is 14.8 Å². The van der Waals surface area contributed by atoms with Crippen LogP contribution in [0.15, 0.2) is 54.6 Å². The number of hydrogen-bond acceptors (Lipinski definition) is 5. The molecule has 0 bridgehead atoms. The van der Waals surface area contributed by atoms with Crippen LogP contribution in [-0.4, -0.2) is 40.6 Å². The second-order valence-electron chi connectivity index (χ2n) is 6.91. The molecule has 0 saturated carbocycles. The van der Waals surface area contributed by atoms with Crippen LogP contribution in [0.5, 0.6) is 17.2 Å². The van der Waals surface area contributed by atoms with Crippen molar-refractivity contribution >= 4 is 46.1 Å². The molecular weight excluding hydrogens is 469 g/mol. The molecule has 0 fully saturated rings. The maximum absolute atomic E-state index is 12.1. The van der Waals surface area contributed by atoms with Gasteiger partial charge in [0.05, 0.1) is 33.8 Å². The Bertz CT molecular complexity index is 1350. The molecule has 33 heavy (non-hydrogen) atoms. The Morgan fingerprint density at radius 2 is 1.82 bits per heavy atom. The predicted octanol–water partition coefficient (Wildman–Crippen LogP) is 5.15. The molecule has 4 rings (SSSR count). The molecule has 10 heteroatoms. The number of para-hydroxylation sites is 1. The highest BCUT2D eigenvalue weighted by Gasteiger charge is 2.16. The van der Waals surface area contributed by atoms with Crippen molar-refractivity contribution in [1.82, 2.24) is 15.3 Å². The highest BCUT2D eigenvalue weighted by molar-refractivity contribution is 6.37. The fourth-order valence-electron chi connectivity index (χ4n) is 3.18. The average Bonchev–Trinajstić information content (AvgIpc) is 3.22. The van der Waals surface area contributed by atoms with E-state index in [1.807, 2.05) is 30.3 Å². The summed E-state index contributed by atoms with van der Waals surface area (Å²) in [5.74, 6) is 0.157. The maximum Gasteiger partial charge on any atom is 0.322 e. The summed E-state index contributed by atoms with van der Waals surface area (Å²) in [6, 6.07) is 15.5. The Morgan fingerprint density at radius 1 is 1.09 bits per heavy atom. The average molecular weight is 486 g/mol. The van der Waals surface area contributed by atoms with Gasteiger partial charge in [-0.15, -0.1) is 0 Å². The Kier molecular flexibility index (Phi) is 6.39. The first kappa shape index (κ1) is 22.4. The number of imidazole rings is 1. The minimum atomic E-state index is -1.16. The summed E-state index contributed by atoms with van der Waals surface area (Å²) in [5.41, 5.74) is 2.39. The summed E-state index contributed by atoms with van der Waals surface area (Å²) in [7, 11) is 1.60. The third kappa shape index (κ3) is 4.87. The number of aromatic nitrogens is 2. The lowest BCUT2D eigenvalue weighted by Gasteiger charge is -2.11. The van der Waals surface area contributed by atoms with Gasteiger partial charge in [-0.25, -0.2) is 4.98 Å². The van der Waals surface area contributed by atoms with Crippen molar-refractivity contribution in [3.05, 3.63) is 70.2 Å². The molecule has 0 aliphatic carbocycles. The Morgan fingerprint density at radius 3 is 2.52 bits per heavy atom. The van der Waals surface area contributed by atoms with Gasteiger partial charge in [0, 0.05) is 11.6 Å². The zero-order valence-electron chi connectivity index (χ0n) is 17.2. The van der Waals surface area contributed by atoms with Gasteiger partial charge in [-0.1, -0.05) is 35.3 Å². The fourth-order valence-corrected chi connectivity index (χ4v) is 3.75. The number of nitrogens with one attached hydrogen (secondary N) is 2. The number of carboxylic acids is 1. The number of nitrogens with zero attached hydrogens (tertiary/aromatic N) is 1. The molecule has 3 aromatic carbocycles. The quantitative estimate of drug-likeness (QED) is 0.333. The van der Waals surface area contributed by atoms with Gasteiger partial charge in [0.2, 0.25) is 0 Å². The van der Waals surface area contributed by atoms with Gasteiger partial charge >= 0.3 is 5.97 Å². The SMILES string of the molecule is COc1ccccc1-c1nc2cc(Oc3c(Cl)cc(C(=O)NCC(=O)O)cc3Cl)ccc2[nH]1. The Hall–Kier alpha value is -3.75. The molecule has 8 nitrogen and oxygen atoms in total. The first-order chi connectivity index (χ1) is 15.9. The minimum Gasteiger partial charge on any atom is -0.496 e. The molecule has 4 aromatic rings. The molecule has 0 aliphatic heterocycles. The number of H-pyrrole nitrogens is 1. The number of carbonyl (C=O) groups excluding carboxylic acids is 1. The van der Waals surface area contributed by atoms with E-state index in [2.05, 4.69) is 15.3 Å². The second-order valence-corrected chi connectivity index (χ2v) is 7.73. The number of fused-ring (bicyclic) bond motifs is 1. The normalized spacial score (nSPS) is 10.8. The molecule has 1 aromatic heterocycles. The van der Waals surface area contributed by atoms with Gasteiger partial charge < -0.3 is 24.9 Å². The number of amides is 1. The third-order valence-electron chi connectivity index (χ3n) is 4.70. The van der Waals surface area contributed by atoms with Crippen molar-refractivity contribution in [2.75, 3.05) is 13.7 Å². The molecule has 0 unspecified atom stereocenters. The van der Waals surface area contributed by atoms with Crippen LogP contribution in [0, 0.1) is 0 Å². The van der Waals surface area contributed by atoms with E-state index in [-0.39, 0.29) is 21.4 Å². The van der Waals surface area contributed by atoms with E-state index >= 15 is 0 Å². The van der Waals surface area contributed by atoms with E-state index in [4.69, 9.17) is 37.8 Å². The van der Waals surface area contributed by atoms with Crippen LogP contribution in [-0.2, 0) is 4.79 Å². The van der Waals surface area contributed by atoms with Crippen molar-refractivity contribution in [3.8, 4) is 28.6 Å². The number of aromatic amines is 1. The highest BCUT2D eigenvalue weighted by Crippen LogP contribution is 2.38. The van der Waals surface area contributed by atoms with E-state index in [1.54, 1.807) is 19.2 Å². The number of aliphatic carboxylic acids is 1. The summed E-state index contributed by atoms with van der Waals surface area (Å²) in [5, 5.41) is 11.1. The summed E-state index contributed by atoms with van der Waals surface area (Å²) >= 11 is 12.6. The summed E-state index contributed by atoms with van der Waals surface area (Å²) < 4.78 is 11.3. The summed E-state index contributed by atoms with van der Waals surface area (Å²) in [6.07, 6.45) is 0. The van der Waals surface area contributed by atoms with Crippen molar-refractivity contribution in [1.29, 1.82) is 0 Å². The van der Waals surface area contributed by atoms with E-state index in [0.29, 0.717) is 22.8 Å². The number of hydrogen-bond donors (Lipinski definition) is 3. The van der Waals surface area contributed by atoms with Gasteiger partial charge in [-0.2, -0.15) is 0 Å². The van der Waals surface area contributed by atoms with Gasteiger partial charge in [0.1, 0.15) is 23.9 Å². The zero-order chi connectivity index (χ0) is 23.5. The number of methoxy groups -OCH3 is 1. The molecule has 0 spiro atoms. The fraction of sp³-hybridized carbons (Fsp3) is 0.0870. The molecular formula is C23H17Cl2N3O5. The van der Waals surface area contributed by atoms with Crippen molar-refractivity contribution in [3.63, 3.8) is 0 Å². The van der Waals surface area contributed by atoms with Crippen LogP contribution in [0.3, 0.4) is 0 Å². The van der Waals surface area contributed by atoms with E-state index in [9.17, 15) is 9.59 Å². The number of rotatable bonds is 7. The van der Waals surface area contributed by atoms with Crippen LogP contribution in [0.2, 0.25) is 10.0 Å². The summed E-state index contributed by atoms with van der Waals surface area (Å²) in [4.78, 5) is 30.6. The number of carbonyl (C=O) groups is 2. The van der Waals surface area contributed by atoms with E-state index in [1.165, 1.54) is 12.1 Å². The first-order valence-corrected chi connectivity index (χ1v) is 10.4. The second kappa shape index (κ2) is 9.40. The topological polar surface area (TPSA) is 114 Å². The van der Waals surface area contributed by atoms with Crippen molar-refractivity contribution < 1.29 is 24.2 Å². The van der Waals surface area contributed by atoms with Crippen LogP contribution in [0.1, 0.15) is 10.4 Å². The number of benzene rings is 3. The zero-order valence-corrected chi connectivity index (χ0v) is 18.7. The van der Waals surface area contributed by atoms with Gasteiger partial charge in [-0.05, 0) is 36.4 Å². The molecule has 1 heterocycles. The number of ether oxygens (including phenoxy) is 2. The molecule has 0 atom stereocenters. The van der Waals surface area contributed by atoms with Crippen LogP contribution >= 0.6 is 23.2 Å². The van der Waals surface area contributed by atoms with E-state index in [0.717, 1.165) is 11.1 Å². The molecule has 3 N–H and O–H groups in total. The number of carboxylic acid groups (broad SMARTS) is 1. The van der Waals surface area contributed by atoms with Crippen molar-refractivity contribution in [2.45, 2.75) is 0 Å². The van der Waals surface area contributed by atoms with Crippen LogP contribution in [0.25, 0.3) is 22.4 Å². The maximum atomic E-state index is 12.1. The molecule has 0 saturated heterocycles. The highest BCUT2D eigenvalue weighted by atomic mass is 35.5. The van der Waals surface area contributed by atoms with Crippen LogP contribution in [0.4, 0.5) is 0 Å². The molecule has 0 aliphatic rings. The van der Waals surface area contributed by atoms with E-state index < -0.39 is 18.4 Å². The number of halogens is 2. The Labute approximate surface area is 198 Å². The van der Waals surface area contributed by atoms with Crippen molar-refractivity contribution in [2.24, 2.45) is 0 Å². The third-order valence-corrected chi connectivity index (χ3v) is 5.26. The monoisotopic (exact) mass is 485 g/mol. The van der Waals surface area contributed by atoms with Gasteiger partial charge in [0.15, 0.2) is 5.75 Å². The lowest BCUT2D eigenvalue weighted by atomic mass is 10.2.